The van der Waals surface area contributed by atoms with E-state index in [-0.39, 0.29) is 11.3 Å². The maximum absolute atomic E-state index is 13.8. The molecule has 0 amide bonds. The van der Waals surface area contributed by atoms with Crippen molar-refractivity contribution in [2.75, 3.05) is 5.32 Å². The van der Waals surface area contributed by atoms with Crippen LogP contribution in [0.1, 0.15) is 12.2 Å². The molecule has 4 rings (SSSR count). The van der Waals surface area contributed by atoms with E-state index >= 15 is 0 Å². The zero-order valence-corrected chi connectivity index (χ0v) is 15.4. The molecule has 3 aromatic heterocycles. The first-order valence-electron chi connectivity index (χ1n) is 9.11. The summed E-state index contributed by atoms with van der Waals surface area (Å²) in [4.78, 5) is 19.3. The Labute approximate surface area is 164 Å². The second-order valence-electron chi connectivity index (χ2n) is 6.55. The van der Waals surface area contributed by atoms with Crippen LogP contribution in [-0.4, -0.2) is 19.1 Å². The number of furan rings is 1. The number of rotatable bonds is 8. The quantitative estimate of drug-likeness (QED) is 0.474. The minimum Gasteiger partial charge on any atom is -0.467 e. The summed E-state index contributed by atoms with van der Waals surface area (Å²) in [6.45, 7) is 1.33. The molecule has 0 unspecified atom stereocenters. The largest absolute Gasteiger partial charge is 0.467 e. The van der Waals surface area contributed by atoms with E-state index in [0.717, 1.165) is 6.07 Å². The van der Waals surface area contributed by atoms with Crippen LogP contribution >= 0.6 is 0 Å². The van der Waals surface area contributed by atoms with E-state index in [9.17, 15) is 13.6 Å². The summed E-state index contributed by atoms with van der Waals surface area (Å²) in [5.74, 6) is -0.389. The molecule has 0 bridgehead atoms. The van der Waals surface area contributed by atoms with E-state index in [0.29, 0.717) is 43.3 Å². The number of aromatic nitrogens is 4. The molecule has 0 saturated heterocycles. The Kier molecular flexibility index (Phi) is 5.28. The molecule has 1 aromatic carbocycles. The number of H-pyrrole nitrogens is 1. The van der Waals surface area contributed by atoms with Gasteiger partial charge in [-0.3, -0.25) is 9.55 Å². The monoisotopic (exact) mass is 399 g/mol. The molecule has 0 fully saturated rings. The summed E-state index contributed by atoms with van der Waals surface area (Å²) in [7, 11) is 0. The molecule has 150 valence electrons. The van der Waals surface area contributed by atoms with Gasteiger partial charge in [0.15, 0.2) is 0 Å². The number of imidazole rings is 2. The molecule has 4 aromatic rings. The summed E-state index contributed by atoms with van der Waals surface area (Å²) in [5, 5.41) is 3.09. The Hall–Kier alpha value is -3.62. The predicted octanol–water partition coefficient (Wildman–Crippen LogP) is 3.61. The van der Waals surface area contributed by atoms with E-state index in [1.807, 2.05) is 10.8 Å². The lowest BCUT2D eigenvalue weighted by atomic mass is 10.1. The smallest absolute Gasteiger partial charge is 0.327 e. The van der Waals surface area contributed by atoms with Gasteiger partial charge in [-0.05, 0) is 30.7 Å². The van der Waals surface area contributed by atoms with Crippen molar-refractivity contribution < 1.29 is 13.2 Å². The summed E-state index contributed by atoms with van der Waals surface area (Å²) >= 11 is 0. The van der Waals surface area contributed by atoms with E-state index < -0.39 is 11.6 Å². The van der Waals surface area contributed by atoms with Gasteiger partial charge in [-0.15, -0.1) is 0 Å². The molecular weight excluding hydrogens is 380 g/mol. The lowest BCUT2D eigenvalue weighted by Crippen LogP contribution is -2.18. The zero-order valence-electron chi connectivity index (χ0n) is 15.4. The van der Waals surface area contributed by atoms with Gasteiger partial charge in [0.1, 0.15) is 23.2 Å². The van der Waals surface area contributed by atoms with Crippen molar-refractivity contribution in [1.82, 2.24) is 19.1 Å². The highest BCUT2D eigenvalue weighted by Gasteiger charge is 2.18. The Bertz CT molecular complexity index is 1110. The van der Waals surface area contributed by atoms with Gasteiger partial charge in [-0.1, -0.05) is 0 Å². The van der Waals surface area contributed by atoms with Crippen LogP contribution in [0.5, 0.6) is 0 Å². The van der Waals surface area contributed by atoms with Gasteiger partial charge in [0.05, 0.1) is 24.8 Å². The third-order valence-corrected chi connectivity index (χ3v) is 4.50. The molecule has 7 nitrogen and oxygen atoms in total. The van der Waals surface area contributed by atoms with Crippen molar-refractivity contribution in [3.8, 4) is 11.3 Å². The number of aromatic amines is 1. The standard InChI is InChI=1S/C20H19F2N5O2/c21-15-9-14(10-16(22)11-15)18-19(24-12-17-3-1-8-29-17)25-20(28)27(18)6-2-5-26-7-4-23-13-26/h1,3-4,7-11,13,24H,2,5-6,12H2,(H,25,28). The topological polar surface area (TPSA) is 80.8 Å². The average Bonchev–Trinajstić information content (AvgIpc) is 3.42. The molecule has 0 atom stereocenters. The van der Waals surface area contributed by atoms with Crippen molar-refractivity contribution >= 4 is 5.82 Å². The molecule has 2 N–H and O–H groups in total. The van der Waals surface area contributed by atoms with Crippen molar-refractivity contribution in [2.24, 2.45) is 0 Å². The van der Waals surface area contributed by atoms with Gasteiger partial charge >= 0.3 is 5.69 Å². The predicted molar refractivity (Wildman–Crippen MR) is 103 cm³/mol. The molecule has 29 heavy (non-hydrogen) atoms. The highest BCUT2D eigenvalue weighted by Crippen LogP contribution is 2.28. The molecule has 0 spiro atoms. The summed E-state index contributed by atoms with van der Waals surface area (Å²) in [5.41, 5.74) is 0.299. The third-order valence-electron chi connectivity index (χ3n) is 4.50. The number of benzene rings is 1. The van der Waals surface area contributed by atoms with Crippen LogP contribution < -0.4 is 11.0 Å². The fourth-order valence-electron chi connectivity index (χ4n) is 3.22. The van der Waals surface area contributed by atoms with Gasteiger partial charge in [-0.2, -0.15) is 0 Å². The van der Waals surface area contributed by atoms with Gasteiger partial charge in [-0.25, -0.2) is 18.6 Å². The number of halogens is 2. The molecule has 0 radical (unpaired) electrons. The second kappa shape index (κ2) is 8.17. The number of nitrogens with one attached hydrogen (secondary N) is 2. The van der Waals surface area contributed by atoms with Crippen LogP contribution in [-0.2, 0) is 19.6 Å². The van der Waals surface area contributed by atoms with E-state index in [2.05, 4.69) is 15.3 Å². The highest BCUT2D eigenvalue weighted by atomic mass is 19.1. The van der Waals surface area contributed by atoms with Gasteiger partial charge in [0, 0.05) is 37.1 Å². The van der Waals surface area contributed by atoms with Gasteiger partial charge in [0.2, 0.25) is 0 Å². The van der Waals surface area contributed by atoms with Crippen molar-refractivity contribution in [3.63, 3.8) is 0 Å². The Morgan fingerprint density at radius 1 is 1.17 bits per heavy atom. The Morgan fingerprint density at radius 3 is 2.69 bits per heavy atom. The van der Waals surface area contributed by atoms with Gasteiger partial charge < -0.3 is 14.3 Å². The van der Waals surface area contributed by atoms with Crippen LogP contribution in [0.15, 0.2) is 64.5 Å². The lowest BCUT2D eigenvalue weighted by Gasteiger charge is -2.11. The highest BCUT2D eigenvalue weighted by molar-refractivity contribution is 5.72. The molecule has 0 aliphatic carbocycles. The van der Waals surface area contributed by atoms with Crippen LogP contribution in [0.3, 0.4) is 0 Å². The lowest BCUT2D eigenvalue weighted by molar-refractivity contribution is 0.518. The first-order valence-corrected chi connectivity index (χ1v) is 9.11. The van der Waals surface area contributed by atoms with Crippen LogP contribution in [0.4, 0.5) is 14.6 Å². The number of aryl methyl sites for hydroxylation is 1. The number of anilines is 1. The number of hydrogen-bond donors (Lipinski definition) is 2. The van der Waals surface area contributed by atoms with Crippen LogP contribution in [0, 0.1) is 11.6 Å². The zero-order chi connectivity index (χ0) is 20.2. The van der Waals surface area contributed by atoms with E-state index in [4.69, 9.17) is 4.42 Å². The summed E-state index contributed by atoms with van der Waals surface area (Å²) in [6, 6.07) is 6.75. The average molecular weight is 399 g/mol. The van der Waals surface area contributed by atoms with E-state index in [1.54, 1.807) is 30.9 Å². The molecule has 9 heteroatoms. The Morgan fingerprint density at radius 2 is 2.00 bits per heavy atom. The maximum Gasteiger partial charge on any atom is 0.327 e. The summed E-state index contributed by atoms with van der Waals surface area (Å²) in [6.07, 6.45) is 7.39. The molecular formula is C20H19F2N5O2. The fraction of sp³-hybridized carbons (Fsp3) is 0.200. The Balaban J connectivity index is 1.65. The minimum atomic E-state index is -0.712. The first-order chi connectivity index (χ1) is 14.1. The first kappa shape index (κ1) is 18.7. The molecule has 0 saturated carbocycles. The van der Waals surface area contributed by atoms with E-state index in [1.165, 1.54) is 16.7 Å². The van der Waals surface area contributed by atoms with Crippen LogP contribution in [0.25, 0.3) is 11.3 Å². The summed E-state index contributed by atoms with van der Waals surface area (Å²) < 4.78 is 36.4. The molecule has 3 heterocycles. The van der Waals surface area contributed by atoms with Crippen molar-refractivity contribution in [2.45, 2.75) is 26.1 Å². The second-order valence-corrected chi connectivity index (χ2v) is 6.55. The maximum atomic E-state index is 13.8. The normalized spacial score (nSPS) is 11.1. The van der Waals surface area contributed by atoms with Crippen molar-refractivity contribution in [1.29, 1.82) is 0 Å². The SMILES string of the molecule is O=c1[nH]c(NCc2ccco2)c(-c2cc(F)cc(F)c2)n1CCCn1ccnc1. The molecule has 0 aliphatic heterocycles. The third kappa shape index (κ3) is 4.29. The number of nitrogens with zero attached hydrogens (tertiary/aromatic N) is 3. The van der Waals surface area contributed by atoms with Gasteiger partial charge in [0.25, 0.3) is 0 Å². The fourth-order valence-corrected chi connectivity index (χ4v) is 3.22. The number of hydrogen-bond acceptors (Lipinski definition) is 4. The molecule has 0 aliphatic rings. The van der Waals surface area contributed by atoms with Crippen LogP contribution in [0.2, 0.25) is 0 Å². The van der Waals surface area contributed by atoms with Crippen molar-refractivity contribution in [3.05, 3.63) is 83.2 Å². The minimum absolute atomic E-state index is 0.269.